The van der Waals surface area contributed by atoms with Crippen molar-refractivity contribution >= 4 is 23.1 Å². The van der Waals surface area contributed by atoms with Crippen molar-refractivity contribution in [3.63, 3.8) is 0 Å². The van der Waals surface area contributed by atoms with E-state index in [0.717, 1.165) is 6.42 Å². The Morgan fingerprint density at radius 1 is 1.45 bits per heavy atom. The van der Waals surface area contributed by atoms with Crippen molar-refractivity contribution in [1.82, 2.24) is 4.98 Å². The largest absolute Gasteiger partial charge is 0.465 e. The zero-order chi connectivity index (χ0) is 15.7. The molecule has 2 unspecified atom stereocenters. The zero-order valence-electron chi connectivity index (χ0n) is 13.0. The van der Waals surface area contributed by atoms with Crippen molar-refractivity contribution < 1.29 is 18.7 Å². The molecule has 0 radical (unpaired) electrons. The highest BCUT2D eigenvalue weighted by molar-refractivity contribution is 6.01. The molecular formula is C16H20N2O4. The lowest BCUT2D eigenvalue weighted by atomic mass is 10.1. The summed E-state index contributed by atoms with van der Waals surface area (Å²) in [7, 11) is 1.36. The van der Waals surface area contributed by atoms with Gasteiger partial charge in [0.25, 0.3) is 6.01 Å². The van der Waals surface area contributed by atoms with Gasteiger partial charge in [-0.1, -0.05) is 13.0 Å². The number of aromatic nitrogens is 1. The first-order valence-corrected chi connectivity index (χ1v) is 7.49. The summed E-state index contributed by atoms with van der Waals surface area (Å²) in [5.41, 5.74) is 1.55. The van der Waals surface area contributed by atoms with Crippen LogP contribution < -0.4 is 4.90 Å². The third-order valence-corrected chi connectivity index (χ3v) is 4.04. The number of para-hydroxylation sites is 1. The molecule has 0 saturated carbocycles. The second kappa shape index (κ2) is 5.96. The lowest BCUT2D eigenvalue weighted by Crippen LogP contribution is -2.51. The zero-order valence-corrected chi connectivity index (χ0v) is 13.0. The lowest BCUT2D eigenvalue weighted by molar-refractivity contribution is 0.0602. The summed E-state index contributed by atoms with van der Waals surface area (Å²) in [5.74, 6) is -0.410. The molecule has 22 heavy (non-hydrogen) atoms. The highest BCUT2D eigenvalue weighted by Gasteiger charge is 2.31. The van der Waals surface area contributed by atoms with Crippen LogP contribution in [-0.2, 0) is 9.47 Å². The number of esters is 1. The predicted molar refractivity (Wildman–Crippen MR) is 82.2 cm³/mol. The number of hydrogen-bond donors (Lipinski definition) is 0. The number of benzene rings is 1. The summed E-state index contributed by atoms with van der Waals surface area (Å²) in [6, 6.07) is 6.20. The normalized spacial score (nSPS) is 22.0. The van der Waals surface area contributed by atoms with Gasteiger partial charge >= 0.3 is 5.97 Å². The average molecular weight is 304 g/mol. The van der Waals surface area contributed by atoms with Gasteiger partial charge in [-0.25, -0.2) is 4.79 Å². The quantitative estimate of drug-likeness (QED) is 0.812. The Hall–Kier alpha value is -2.08. The molecular weight excluding hydrogens is 284 g/mol. The fraction of sp³-hybridized carbons (Fsp3) is 0.500. The van der Waals surface area contributed by atoms with Gasteiger partial charge in [0.15, 0.2) is 5.58 Å². The summed E-state index contributed by atoms with van der Waals surface area (Å²) >= 11 is 0. The maximum absolute atomic E-state index is 11.9. The van der Waals surface area contributed by atoms with Crippen LogP contribution in [0.5, 0.6) is 0 Å². The molecule has 1 aliphatic rings. The number of carbonyl (C=O) groups is 1. The highest BCUT2D eigenvalue weighted by atomic mass is 16.5. The van der Waals surface area contributed by atoms with Crippen LogP contribution in [0.3, 0.4) is 0 Å². The van der Waals surface area contributed by atoms with E-state index in [1.807, 2.05) is 6.07 Å². The van der Waals surface area contributed by atoms with Crippen molar-refractivity contribution in [3.05, 3.63) is 23.8 Å². The van der Waals surface area contributed by atoms with Crippen LogP contribution in [0.15, 0.2) is 22.6 Å². The molecule has 0 bridgehead atoms. The van der Waals surface area contributed by atoms with Crippen LogP contribution in [0.2, 0.25) is 0 Å². The number of morpholine rings is 1. The summed E-state index contributed by atoms with van der Waals surface area (Å²) in [6.07, 6.45) is 0.937. The first-order chi connectivity index (χ1) is 10.7. The molecule has 6 heteroatoms. The Labute approximate surface area is 129 Å². The van der Waals surface area contributed by atoms with E-state index in [2.05, 4.69) is 23.7 Å². The minimum atomic E-state index is -0.410. The number of carbonyl (C=O) groups excluding carboxylic acids is 1. The molecule has 3 rings (SSSR count). The summed E-state index contributed by atoms with van der Waals surface area (Å²) in [6.45, 7) is 5.49. The number of nitrogens with zero attached hydrogens (tertiary/aromatic N) is 2. The monoisotopic (exact) mass is 304 g/mol. The van der Waals surface area contributed by atoms with Gasteiger partial charge in [0.2, 0.25) is 0 Å². The molecule has 1 saturated heterocycles. The van der Waals surface area contributed by atoms with E-state index >= 15 is 0 Å². The molecule has 2 atom stereocenters. The van der Waals surface area contributed by atoms with Gasteiger partial charge in [-0.05, 0) is 25.5 Å². The van der Waals surface area contributed by atoms with E-state index in [9.17, 15) is 4.79 Å². The van der Waals surface area contributed by atoms with Crippen LogP contribution in [0.1, 0.15) is 30.6 Å². The van der Waals surface area contributed by atoms with Crippen molar-refractivity contribution in [2.24, 2.45) is 0 Å². The fourth-order valence-electron chi connectivity index (χ4n) is 2.88. The van der Waals surface area contributed by atoms with Crippen molar-refractivity contribution in [2.75, 3.05) is 25.2 Å². The Kier molecular flexibility index (Phi) is 4.02. The van der Waals surface area contributed by atoms with Crippen LogP contribution >= 0.6 is 0 Å². The number of anilines is 1. The molecule has 1 fully saturated rings. The van der Waals surface area contributed by atoms with E-state index in [-0.39, 0.29) is 12.1 Å². The number of methoxy groups -OCH3 is 1. The van der Waals surface area contributed by atoms with Gasteiger partial charge in [0.05, 0.1) is 38.0 Å². The third-order valence-electron chi connectivity index (χ3n) is 4.04. The molecule has 0 amide bonds. The van der Waals surface area contributed by atoms with Crippen LogP contribution in [0.25, 0.3) is 11.1 Å². The maximum Gasteiger partial charge on any atom is 0.340 e. The van der Waals surface area contributed by atoms with Gasteiger partial charge < -0.3 is 18.8 Å². The first kappa shape index (κ1) is 14.8. The smallest absolute Gasteiger partial charge is 0.340 e. The van der Waals surface area contributed by atoms with Crippen LogP contribution in [0.4, 0.5) is 6.01 Å². The molecule has 1 aliphatic heterocycles. The number of oxazole rings is 1. The number of hydrogen-bond acceptors (Lipinski definition) is 6. The molecule has 2 heterocycles. The minimum Gasteiger partial charge on any atom is -0.465 e. The Balaban J connectivity index is 2.06. The molecule has 2 aromatic rings. The molecule has 6 nitrogen and oxygen atoms in total. The highest BCUT2D eigenvalue weighted by Crippen LogP contribution is 2.29. The van der Waals surface area contributed by atoms with Gasteiger partial charge in [0.1, 0.15) is 5.52 Å². The molecule has 0 spiro atoms. The SMILES string of the molecule is CCC1COCC(C)N1c1nc2c(C(=O)OC)cccc2o1. The lowest BCUT2D eigenvalue weighted by Gasteiger charge is -2.38. The van der Waals surface area contributed by atoms with Gasteiger partial charge in [-0.15, -0.1) is 0 Å². The van der Waals surface area contributed by atoms with E-state index in [4.69, 9.17) is 13.9 Å². The number of rotatable bonds is 3. The fourth-order valence-corrected chi connectivity index (χ4v) is 2.88. The van der Waals surface area contributed by atoms with Gasteiger partial charge in [0, 0.05) is 0 Å². The van der Waals surface area contributed by atoms with E-state index < -0.39 is 5.97 Å². The Morgan fingerprint density at radius 2 is 2.27 bits per heavy atom. The Morgan fingerprint density at radius 3 is 3.00 bits per heavy atom. The number of ether oxygens (including phenoxy) is 2. The molecule has 118 valence electrons. The predicted octanol–water partition coefficient (Wildman–Crippen LogP) is 2.62. The molecule has 0 aliphatic carbocycles. The standard InChI is InChI=1S/C16H20N2O4/c1-4-11-9-21-8-10(2)18(11)16-17-14-12(15(19)20-3)6-5-7-13(14)22-16/h5-7,10-11H,4,8-9H2,1-3H3. The van der Waals surface area contributed by atoms with E-state index in [0.29, 0.717) is 35.9 Å². The summed E-state index contributed by atoms with van der Waals surface area (Å²) < 4.78 is 16.3. The van der Waals surface area contributed by atoms with Gasteiger partial charge in [-0.2, -0.15) is 4.98 Å². The molecule has 0 N–H and O–H groups in total. The molecule has 1 aromatic carbocycles. The average Bonchev–Trinajstić information content (AvgIpc) is 2.97. The second-order valence-electron chi connectivity index (χ2n) is 5.50. The first-order valence-electron chi connectivity index (χ1n) is 7.49. The van der Waals surface area contributed by atoms with Gasteiger partial charge in [-0.3, -0.25) is 0 Å². The van der Waals surface area contributed by atoms with E-state index in [1.165, 1.54) is 7.11 Å². The second-order valence-corrected chi connectivity index (χ2v) is 5.50. The summed E-state index contributed by atoms with van der Waals surface area (Å²) in [4.78, 5) is 18.6. The Bertz CT molecular complexity index is 682. The summed E-state index contributed by atoms with van der Waals surface area (Å²) in [5, 5.41) is 0. The topological polar surface area (TPSA) is 64.8 Å². The van der Waals surface area contributed by atoms with Crippen LogP contribution in [0, 0.1) is 0 Å². The molecule has 1 aromatic heterocycles. The number of fused-ring (bicyclic) bond motifs is 1. The van der Waals surface area contributed by atoms with Crippen molar-refractivity contribution in [3.8, 4) is 0 Å². The van der Waals surface area contributed by atoms with E-state index in [1.54, 1.807) is 12.1 Å². The van der Waals surface area contributed by atoms with Crippen molar-refractivity contribution in [1.29, 1.82) is 0 Å². The third kappa shape index (κ3) is 2.43. The van der Waals surface area contributed by atoms with Crippen molar-refractivity contribution in [2.45, 2.75) is 32.4 Å². The minimum absolute atomic E-state index is 0.174. The van der Waals surface area contributed by atoms with Crippen LogP contribution in [-0.4, -0.2) is 43.4 Å². The maximum atomic E-state index is 11.9.